The average Bonchev–Trinajstić information content (AvgIpc) is 3.24. The second-order valence-electron chi connectivity index (χ2n) is 15.5. The standard InChI is InChI=1S/C51H86O6S3/c1-4-7-10-13-16-19-22-25-28-31-34-37-40-58-45-49(52)55-43-48(57-51(54)47-60-42-39-36-33-30-27-24-21-18-15-12-9-6-3)44-56-50(53)46-59-41-38-35-32-29-26-23-20-17-14-11-8-5-2/h48H,4-6,13-47H2,1-3H3. The summed E-state index contributed by atoms with van der Waals surface area (Å²) in [7, 11) is 0. The van der Waals surface area contributed by atoms with Crippen LogP contribution in [0.15, 0.2) is 0 Å². The molecule has 0 bridgehead atoms. The first-order valence-corrected chi connectivity index (χ1v) is 27.6. The Morgan fingerprint density at radius 1 is 0.367 bits per heavy atom. The highest BCUT2D eigenvalue weighted by molar-refractivity contribution is 8.00. The zero-order chi connectivity index (χ0) is 43.7. The molecule has 0 rings (SSSR count). The van der Waals surface area contributed by atoms with Gasteiger partial charge in [-0.3, -0.25) is 14.4 Å². The fraction of sp³-hybridized carbons (Fsp3) is 0.824. The molecule has 0 amide bonds. The van der Waals surface area contributed by atoms with Gasteiger partial charge in [0.15, 0.2) is 6.10 Å². The van der Waals surface area contributed by atoms with Gasteiger partial charge < -0.3 is 14.2 Å². The van der Waals surface area contributed by atoms with Gasteiger partial charge >= 0.3 is 17.9 Å². The monoisotopic (exact) mass is 891 g/mol. The number of thioether (sulfide) groups is 3. The van der Waals surface area contributed by atoms with Crippen molar-refractivity contribution in [1.82, 2.24) is 0 Å². The van der Waals surface area contributed by atoms with E-state index < -0.39 is 6.10 Å². The lowest BCUT2D eigenvalue weighted by molar-refractivity contribution is -0.163. The first-order valence-electron chi connectivity index (χ1n) is 24.1. The fourth-order valence-corrected chi connectivity index (χ4v) is 8.72. The molecular formula is C51H86O6S3. The molecule has 0 aromatic carbocycles. The normalized spacial score (nSPS) is 10.6. The van der Waals surface area contributed by atoms with Crippen LogP contribution < -0.4 is 0 Å². The summed E-state index contributed by atoms with van der Waals surface area (Å²) in [6.45, 7) is 6.05. The van der Waals surface area contributed by atoms with E-state index in [1.54, 1.807) is 35.3 Å². The molecule has 0 unspecified atom stereocenters. The predicted octanol–water partition coefficient (Wildman–Crippen LogP) is 14.0. The maximum absolute atomic E-state index is 12.7. The van der Waals surface area contributed by atoms with Crippen molar-refractivity contribution in [2.45, 2.75) is 219 Å². The van der Waals surface area contributed by atoms with E-state index in [1.165, 1.54) is 135 Å². The smallest absolute Gasteiger partial charge is 0.316 e. The van der Waals surface area contributed by atoms with Gasteiger partial charge in [0.2, 0.25) is 0 Å². The minimum atomic E-state index is -0.812. The summed E-state index contributed by atoms with van der Waals surface area (Å²) in [4.78, 5) is 37.9. The van der Waals surface area contributed by atoms with Crippen molar-refractivity contribution in [3.05, 3.63) is 0 Å². The molecule has 0 aliphatic rings. The summed E-state index contributed by atoms with van der Waals surface area (Å²) >= 11 is 4.73. The van der Waals surface area contributed by atoms with Crippen LogP contribution in [0.2, 0.25) is 0 Å². The zero-order valence-electron chi connectivity index (χ0n) is 38.6. The minimum absolute atomic E-state index is 0.111. The molecule has 0 saturated carbocycles. The van der Waals surface area contributed by atoms with Crippen LogP contribution in [0.3, 0.4) is 0 Å². The van der Waals surface area contributed by atoms with E-state index in [2.05, 4.69) is 56.3 Å². The number of hydrogen-bond donors (Lipinski definition) is 0. The molecule has 0 aromatic rings. The second kappa shape index (κ2) is 49.8. The van der Waals surface area contributed by atoms with Crippen LogP contribution in [-0.2, 0) is 28.6 Å². The molecule has 0 atom stereocenters. The van der Waals surface area contributed by atoms with E-state index in [-0.39, 0.29) is 48.4 Å². The van der Waals surface area contributed by atoms with Crippen LogP contribution in [0.4, 0.5) is 0 Å². The number of esters is 3. The first kappa shape index (κ1) is 58.1. The Morgan fingerprint density at radius 2 is 0.633 bits per heavy atom. The molecule has 0 aromatic heterocycles. The summed E-state index contributed by atoms with van der Waals surface area (Å²) in [6.07, 6.45) is 34.5. The topological polar surface area (TPSA) is 78.9 Å². The third-order valence-electron chi connectivity index (χ3n) is 9.74. The average molecular weight is 891 g/mol. The number of ether oxygens (including phenoxy) is 3. The Labute approximate surface area is 382 Å². The Morgan fingerprint density at radius 3 is 0.933 bits per heavy atom. The molecule has 0 aliphatic carbocycles. The molecule has 0 saturated heterocycles. The van der Waals surface area contributed by atoms with Gasteiger partial charge in [-0.2, -0.15) is 35.3 Å². The Hall–Kier alpha value is -1.86. The molecule has 344 valence electrons. The minimum Gasteiger partial charge on any atom is -0.461 e. The summed E-state index contributed by atoms with van der Waals surface area (Å²) < 4.78 is 16.7. The van der Waals surface area contributed by atoms with Crippen LogP contribution in [-0.4, -0.2) is 71.7 Å². The number of hydrogen-bond acceptors (Lipinski definition) is 9. The van der Waals surface area contributed by atoms with Gasteiger partial charge in [-0.15, -0.1) is 35.5 Å². The maximum atomic E-state index is 12.7. The van der Waals surface area contributed by atoms with Crippen molar-refractivity contribution in [2.24, 2.45) is 0 Å². The number of unbranched alkanes of at least 4 members (excludes halogenated alkanes) is 24. The van der Waals surface area contributed by atoms with E-state index in [9.17, 15) is 14.4 Å². The summed E-state index contributed by atoms with van der Waals surface area (Å²) in [5, 5.41) is 0. The largest absolute Gasteiger partial charge is 0.461 e. The van der Waals surface area contributed by atoms with Gasteiger partial charge in [-0.25, -0.2) is 0 Å². The van der Waals surface area contributed by atoms with Crippen molar-refractivity contribution in [3.8, 4) is 35.5 Å². The van der Waals surface area contributed by atoms with Crippen LogP contribution in [0.1, 0.15) is 213 Å². The van der Waals surface area contributed by atoms with Crippen LogP contribution >= 0.6 is 35.3 Å². The SMILES string of the molecule is CCC#CCCCCCCCCCCSCC(=O)OCC(COC(=O)CSCCCCCCCCCCC#CCC)OC(=O)CSCCCCCCCCCCC#CCC. The highest BCUT2D eigenvalue weighted by Gasteiger charge is 2.20. The summed E-state index contributed by atoms with van der Waals surface area (Å²) in [5.74, 6) is 21.5. The first-order chi connectivity index (χ1) is 29.5. The van der Waals surface area contributed by atoms with Crippen LogP contribution in [0.25, 0.3) is 0 Å². The molecule has 0 heterocycles. The lowest BCUT2D eigenvalue weighted by atomic mass is 10.1. The molecule has 0 N–H and O–H groups in total. The van der Waals surface area contributed by atoms with E-state index in [1.807, 2.05) is 0 Å². The van der Waals surface area contributed by atoms with Crippen LogP contribution in [0.5, 0.6) is 0 Å². The lowest BCUT2D eigenvalue weighted by Gasteiger charge is -2.18. The number of carbonyl (C=O) groups is 3. The summed E-state index contributed by atoms with van der Waals surface area (Å²) in [5.41, 5.74) is 0. The highest BCUT2D eigenvalue weighted by Crippen LogP contribution is 2.16. The van der Waals surface area contributed by atoms with Crippen LogP contribution in [0, 0.1) is 35.5 Å². The van der Waals surface area contributed by atoms with E-state index in [0.717, 1.165) is 75.0 Å². The van der Waals surface area contributed by atoms with E-state index in [0.29, 0.717) is 0 Å². The lowest BCUT2D eigenvalue weighted by Crippen LogP contribution is -2.32. The molecule has 0 spiro atoms. The van der Waals surface area contributed by atoms with Gasteiger partial charge in [-0.05, 0) is 55.8 Å². The number of rotatable bonds is 41. The molecule has 0 aliphatic heterocycles. The third kappa shape index (κ3) is 47.2. The second-order valence-corrected chi connectivity index (χ2v) is 18.8. The Kier molecular flexibility index (Phi) is 48.2. The summed E-state index contributed by atoms with van der Waals surface area (Å²) in [6, 6.07) is 0. The quantitative estimate of drug-likeness (QED) is 0.0258. The predicted molar refractivity (Wildman–Crippen MR) is 263 cm³/mol. The van der Waals surface area contributed by atoms with E-state index in [4.69, 9.17) is 14.2 Å². The Balaban J connectivity index is 4.35. The zero-order valence-corrected chi connectivity index (χ0v) is 41.1. The molecule has 9 heteroatoms. The highest BCUT2D eigenvalue weighted by atomic mass is 32.2. The van der Waals surface area contributed by atoms with Crippen molar-refractivity contribution in [2.75, 3.05) is 47.7 Å². The van der Waals surface area contributed by atoms with Gasteiger partial charge in [0.25, 0.3) is 0 Å². The van der Waals surface area contributed by atoms with Crippen molar-refractivity contribution in [3.63, 3.8) is 0 Å². The molecule has 6 nitrogen and oxygen atoms in total. The van der Waals surface area contributed by atoms with Crippen molar-refractivity contribution in [1.29, 1.82) is 0 Å². The van der Waals surface area contributed by atoms with Gasteiger partial charge in [-0.1, -0.05) is 136 Å². The molecular weight excluding hydrogens is 805 g/mol. The Bertz CT molecular complexity index is 1130. The molecule has 0 radical (unpaired) electrons. The fourth-order valence-electron chi connectivity index (χ4n) is 6.33. The van der Waals surface area contributed by atoms with E-state index >= 15 is 0 Å². The third-order valence-corrected chi connectivity index (χ3v) is 12.8. The van der Waals surface area contributed by atoms with Gasteiger partial charge in [0.1, 0.15) is 13.2 Å². The molecule has 0 fully saturated rings. The van der Waals surface area contributed by atoms with Gasteiger partial charge in [0.05, 0.1) is 17.3 Å². The van der Waals surface area contributed by atoms with Crippen molar-refractivity contribution < 1.29 is 28.6 Å². The maximum Gasteiger partial charge on any atom is 0.316 e. The van der Waals surface area contributed by atoms with Crippen molar-refractivity contribution >= 4 is 53.2 Å². The number of carbonyl (C=O) groups excluding carboxylic acids is 3. The van der Waals surface area contributed by atoms with Gasteiger partial charge in [0, 0.05) is 38.5 Å². The molecule has 60 heavy (non-hydrogen) atoms.